The maximum absolute atomic E-state index is 15.6. The van der Waals surface area contributed by atoms with Crippen LogP contribution in [0.15, 0.2) is 60.8 Å². The number of alkyl halides is 2. The number of hydrogen-bond donors (Lipinski definition) is 2. The number of fused-ring (bicyclic) bond motifs is 1. The van der Waals surface area contributed by atoms with Crippen molar-refractivity contribution in [2.45, 2.75) is 56.9 Å². The van der Waals surface area contributed by atoms with E-state index in [0.717, 1.165) is 18.6 Å². The lowest BCUT2D eigenvalue weighted by molar-refractivity contribution is -0.0589. The molecule has 1 aliphatic heterocycles. The first-order valence-electron chi connectivity index (χ1n) is 15.7. The minimum Gasteiger partial charge on any atom is -0.478 e. The molecule has 0 unspecified atom stereocenters. The number of benzene rings is 2. The zero-order valence-electron chi connectivity index (χ0n) is 26.1. The van der Waals surface area contributed by atoms with Crippen LogP contribution in [0.25, 0.3) is 22.3 Å². The van der Waals surface area contributed by atoms with Gasteiger partial charge in [-0.1, -0.05) is 17.7 Å². The summed E-state index contributed by atoms with van der Waals surface area (Å²) in [7, 11) is 0. The van der Waals surface area contributed by atoms with Gasteiger partial charge in [0.05, 0.1) is 40.0 Å². The molecule has 258 valence electrons. The average Bonchev–Trinajstić information content (AvgIpc) is 3.78. The molecule has 1 amide bonds. The number of ether oxygens (including phenoxy) is 2. The summed E-state index contributed by atoms with van der Waals surface area (Å²) < 4.78 is 70.7. The molecule has 1 atom stereocenters. The third kappa shape index (κ3) is 6.72. The van der Waals surface area contributed by atoms with Gasteiger partial charge in [0.2, 0.25) is 5.88 Å². The fraction of sp³-hybridized carbons (Fsp3) is 0.286. The molecule has 2 aromatic carbocycles. The minimum atomic E-state index is -2.69. The second-order valence-electron chi connectivity index (χ2n) is 12.3. The van der Waals surface area contributed by atoms with Gasteiger partial charge in [-0.2, -0.15) is 0 Å². The van der Waals surface area contributed by atoms with E-state index in [-0.39, 0.29) is 71.0 Å². The molecule has 5 aromatic rings. The number of halogens is 5. The molecule has 15 heteroatoms. The Labute approximate surface area is 287 Å². The molecule has 1 saturated carbocycles. The van der Waals surface area contributed by atoms with Gasteiger partial charge in [0.1, 0.15) is 35.3 Å². The van der Waals surface area contributed by atoms with Crippen molar-refractivity contribution in [3.05, 3.63) is 106 Å². The third-order valence-corrected chi connectivity index (χ3v) is 9.20. The number of aromatic nitrogens is 4. The molecule has 0 bridgehead atoms. The molecule has 7 rings (SSSR count). The fourth-order valence-corrected chi connectivity index (χ4v) is 5.88. The first-order chi connectivity index (χ1) is 24.0. The Hall–Kier alpha value is -5.08. The van der Waals surface area contributed by atoms with Crippen molar-refractivity contribution < 1.29 is 41.7 Å². The number of carbonyl (C=O) groups is 2. The molecular formula is C35H28ClF4N5O5. The van der Waals surface area contributed by atoms with Crippen LogP contribution in [0.1, 0.15) is 57.1 Å². The Morgan fingerprint density at radius 2 is 1.88 bits per heavy atom. The highest BCUT2D eigenvalue weighted by molar-refractivity contribution is 6.31. The van der Waals surface area contributed by atoms with E-state index < -0.39 is 35.5 Å². The lowest BCUT2D eigenvalue weighted by Gasteiger charge is -2.27. The molecule has 2 N–H and O–H groups in total. The molecule has 1 saturated heterocycles. The maximum Gasteiger partial charge on any atom is 0.335 e. The highest BCUT2D eigenvalue weighted by Crippen LogP contribution is 2.41. The van der Waals surface area contributed by atoms with Crippen molar-refractivity contribution in [3.8, 4) is 17.1 Å². The fourth-order valence-electron chi connectivity index (χ4n) is 5.68. The van der Waals surface area contributed by atoms with Crippen molar-refractivity contribution in [2.24, 2.45) is 0 Å². The normalized spacial score (nSPS) is 16.3. The highest BCUT2D eigenvalue weighted by atomic mass is 35.5. The number of hydrogen-bond acceptors (Lipinski definition) is 7. The number of rotatable bonds is 12. The van der Waals surface area contributed by atoms with Gasteiger partial charge >= 0.3 is 5.97 Å². The first kappa shape index (κ1) is 33.4. The Kier molecular flexibility index (Phi) is 8.91. The van der Waals surface area contributed by atoms with E-state index in [2.05, 4.69) is 20.3 Å². The molecule has 50 heavy (non-hydrogen) atoms. The summed E-state index contributed by atoms with van der Waals surface area (Å²) >= 11 is 6.32. The summed E-state index contributed by atoms with van der Waals surface area (Å²) in [5.74, 6) is -2.77. The van der Waals surface area contributed by atoms with E-state index >= 15 is 8.78 Å². The summed E-state index contributed by atoms with van der Waals surface area (Å²) in [6.45, 7) is 0.860. The summed E-state index contributed by atoms with van der Waals surface area (Å²) in [5, 5.41) is 11.9. The summed E-state index contributed by atoms with van der Waals surface area (Å²) in [6.07, 6.45) is -0.389. The Morgan fingerprint density at radius 1 is 1.08 bits per heavy atom. The van der Waals surface area contributed by atoms with E-state index in [9.17, 15) is 23.5 Å². The minimum absolute atomic E-state index is 0.0453. The van der Waals surface area contributed by atoms with Crippen LogP contribution in [0, 0.1) is 11.6 Å². The Morgan fingerprint density at radius 3 is 2.56 bits per heavy atom. The lowest BCUT2D eigenvalue weighted by Crippen LogP contribution is -2.42. The van der Waals surface area contributed by atoms with Crippen molar-refractivity contribution in [2.75, 3.05) is 6.61 Å². The van der Waals surface area contributed by atoms with E-state index in [1.807, 2.05) is 0 Å². The van der Waals surface area contributed by atoms with Gasteiger partial charge < -0.3 is 24.5 Å². The summed E-state index contributed by atoms with van der Waals surface area (Å²) in [4.78, 5) is 37.0. The molecule has 2 fully saturated rings. The molecule has 4 heterocycles. The molecule has 1 aliphatic carbocycles. The van der Waals surface area contributed by atoms with Gasteiger partial charge in [-0.15, -0.1) is 0 Å². The molecule has 3 aromatic heterocycles. The van der Waals surface area contributed by atoms with Gasteiger partial charge in [-0.05, 0) is 67.3 Å². The van der Waals surface area contributed by atoms with Crippen LogP contribution in [0.5, 0.6) is 5.88 Å². The van der Waals surface area contributed by atoms with Crippen molar-refractivity contribution >= 4 is 34.5 Å². The predicted molar refractivity (Wildman–Crippen MR) is 172 cm³/mol. The molecule has 2 aliphatic rings. The van der Waals surface area contributed by atoms with E-state index in [1.54, 1.807) is 16.7 Å². The molecular weight excluding hydrogens is 682 g/mol. The van der Waals surface area contributed by atoms with Crippen LogP contribution in [0.4, 0.5) is 17.6 Å². The number of amides is 1. The summed E-state index contributed by atoms with van der Waals surface area (Å²) in [6, 6.07) is 12.5. The Bertz CT molecular complexity index is 2140. The van der Waals surface area contributed by atoms with Crippen LogP contribution in [-0.4, -0.2) is 61.2 Å². The van der Waals surface area contributed by atoms with E-state index in [0.29, 0.717) is 35.6 Å². The van der Waals surface area contributed by atoms with Crippen LogP contribution in [-0.2, 0) is 24.3 Å². The van der Waals surface area contributed by atoms with Crippen LogP contribution >= 0.6 is 11.6 Å². The standard InChI is InChI=1S/C35H28ClF4N5O5/c36-23-14-28(32(46)44-35(7-8-35)34(39)40)41-15-20(23)17-50-31-3-1-2-26(43-31)22-13-24(37)19(10-25(22)38)12-30-42-27-5-4-18(33(47)48)11-29(27)45(30)16-21-6-9-49-21/h1-5,10-11,13-15,21,34H,6-9,12,16-17H2,(H,44,46)(H,47,48)/t21-/m0/s1. The number of aromatic carboxylic acids is 1. The van der Waals surface area contributed by atoms with Crippen molar-refractivity contribution in [3.63, 3.8) is 0 Å². The van der Waals surface area contributed by atoms with Gasteiger partial charge in [-0.3, -0.25) is 9.78 Å². The quantitative estimate of drug-likeness (QED) is 0.139. The zero-order valence-corrected chi connectivity index (χ0v) is 26.9. The second kappa shape index (κ2) is 13.3. The molecule has 0 spiro atoms. The number of nitrogens with one attached hydrogen (secondary N) is 1. The zero-order chi connectivity index (χ0) is 35.2. The maximum atomic E-state index is 15.6. The van der Waals surface area contributed by atoms with Crippen LogP contribution in [0.2, 0.25) is 5.02 Å². The third-order valence-electron chi connectivity index (χ3n) is 8.84. The van der Waals surface area contributed by atoms with Gasteiger partial charge in [-0.25, -0.2) is 32.3 Å². The second-order valence-corrected chi connectivity index (χ2v) is 12.7. The number of imidazole rings is 1. The number of carboxylic acid groups (broad SMARTS) is 1. The van der Waals surface area contributed by atoms with Crippen molar-refractivity contribution in [1.29, 1.82) is 0 Å². The number of pyridine rings is 2. The molecule has 10 nitrogen and oxygen atoms in total. The lowest BCUT2D eigenvalue weighted by atomic mass is 10.0. The van der Waals surface area contributed by atoms with Gasteiger partial charge in [0.15, 0.2) is 0 Å². The Balaban J connectivity index is 1.07. The van der Waals surface area contributed by atoms with Gasteiger partial charge in [0.25, 0.3) is 12.3 Å². The number of carbonyl (C=O) groups excluding carboxylic acids is 1. The van der Waals surface area contributed by atoms with E-state index in [1.165, 1.54) is 36.5 Å². The first-order valence-corrected chi connectivity index (χ1v) is 16.0. The number of carboxylic acids is 1. The smallest absolute Gasteiger partial charge is 0.335 e. The van der Waals surface area contributed by atoms with Crippen LogP contribution in [0.3, 0.4) is 0 Å². The van der Waals surface area contributed by atoms with Gasteiger partial charge in [0, 0.05) is 36.4 Å². The van der Waals surface area contributed by atoms with Crippen molar-refractivity contribution in [1.82, 2.24) is 24.8 Å². The SMILES string of the molecule is O=C(O)c1ccc2nc(Cc3cc(F)c(-c4cccc(OCc5cnc(C(=O)NC6(C(F)F)CC6)cc5Cl)n4)cc3F)n(C[C@@H]3CCO3)c2c1. The number of nitrogens with zero attached hydrogens (tertiary/aromatic N) is 4. The molecule has 0 radical (unpaired) electrons. The van der Waals surface area contributed by atoms with E-state index in [4.69, 9.17) is 21.1 Å². The van der Waals surface area contributed by atoms with Crippen LogP contribution < -0.4 is 10.1 Å². The topological polar surface area (TPSA) is 128 Å². The predicted octanol–water partition coefficient (Wildman–Crippen LogP) is 6.61. The summed E-state index contributed by atoms with van der Waals surface area (Å²) in [5.41, 5.74) is -0.0595. The highest BCUT2D eigenvalue weighted by Gasteiger charge is 2.52. The average molecular weight is 710 g/mol. The largest absolute Gasteiger partial charge is 0.478 e. The monoisotopic (exact) mass is 709 g/mol.